The first kappa shape index (κ1) is 8.66. The maximum absolute atomic E-state index is 4.43. The second kappa shape index (κ2) is 3.31. The van der Waals surface area contributed by atoms with E-state index < -0.39 is 0 Å². The maximum Gasteiger partial charge on any atom is 0.0244 e. The molecule has 0 radical (unpaired) electrons. The van der Waals surface area contributed by atoms with Gasteiger partial charge in [0.25, 0.3) is 0 Å². The van der Waals surface area contributed by atoms with Crippen molar-refractivity contribution in [2.24, 2.45) is 0 Å². The highest BCUT2D eigenvalue weighted by molar-refractivity contribution is 7.80. The van der Waals surface area contributed by atoms with Crippen LogP contribution in [0.2, 0.25) is 0 Å². The van der Waals surface area contributed by atoms with Gasteiger partial charge < -0.3 is 0 Å². The lowest BCUT2D eigenvalue weighted by Crippen LogP contribution is -1.92. The molecule has 1 heteroatoms. The van der Waals surface area contributed by atoms with Crippen molar-refractivity contribution >= 4 is 12.6 Å². The minimum absolute atomic E-state index is 0.344. The molecule has 0 nitrogen and oxygen atoms in total. The molecule has 0 spiro atoms. The summed E-state index contributed by atoms with van der Waals surface area (Å²) < 4.78 is 0. The largest absolute Gasteiger partial charge is 0.171 e. The molecule has 1 rings (SSSR count). The molecule has 0 fully saturated rings. The van der Waals surface area contributed by atoms with Gasteiger partial charge in [-0.1, -0.05) is 18.2 Å². The van der Waals surface area contributed by atoms with Crippen molar-refractivity contribution in [1.29, 1.82) is 0 Å². The monoisotopic (exact) mass is 166 g/mol. The fraction of sp³-hybridized carbons (Fsp3) is 0.400. The summed E-state index contributed by atoms with van der Waals surface area (Å²) in [6.07, 6.45) is 0. The Kier molecular flexibility index (Phi) is 2.61. The van der Waals surface area contributed by atoms with Gasteiger partial charge in [-0.15, -0.1) is 0 Å². The standard InChI is InChI=1S/C10H14S/c1-7-5-4-6-8(2)10(7)9(3)11/h4-6,9,11H,1-3H3. The van der Waals surface area contributed by atoms with Crippen molar-refractivity contribution in [2.75, 3.05) is 0 Å². The Morgan fingerprint density at radius 1 is 1.18 bits per heavy atom. The molecular formula is C10H14S. The molecular weight excluding hydrogens is 152 g/mol. The number of hydrogen-bond acceptors (Lipinski definition) is 1. The minimum atomic E-state index is 0.344. The second-order valence-electron chi connectivity index (χ2n) is 2.98. The van der Waals surface area contributed by atoms with Gasteiger partial charge >= 0.3 is 0 Å². The quantitative estimate of drug-likeness (QED) is 0.608. The summed E-state index contributed by atoms with van der Waals surface area (Å²) in [6.45, 7) is 6.38. The van der Waals surface area contributed by atoms with E-state index in [9.17, 15) is 0 Å². The number of benzene rings is 1. The molecule has 1 aromatic rings. The van der Waals surface area contributed by atoms with Crippen molar-refractivity contribution in [3.63, 3.8) is 0 Å². The fourth-order valence-electron chi connectivity index (χ4n) is 1.49. The third-order valence-corrected chi connectivity index (χ3v) is 2.22. The predicted molar refractivity (Wildman–Crippen MR) is 53.3 cm³/mol. The Bertz CT molecular complexity index is 231. The Labute approximate surface area is 74.0 Å². The smallest absolute Gasteiger partial charge is 0.0244 e. The van der Waals surface area contributed by atoms with Crippen molar-refractivity contribution in [1.82, 2.24) is 0 Å². The van der Waals surface area contributed by atoms with Crippen LogP contribution >= 0.6 is 12.6 Å². The average molecular weight is 166 g/mol. The Balaban J connectivity index is 3.21. The van der Waals surface area contributed by atoms with Crippen molar-refractivity contribution < 1.29 is 0 Å². The third-order valence-electron chi connectivity index (χ3n) is 1.96. The number of rotatable bonds is 1. The van der Waals surface area contributed by atoms with Crippen LogP contribution in [0.4, 0.5) is 0 Å². The summed E-state index contributed by atoms with van der Waals surface area (Å²) in [5, 5.41) is 0.344. The van der Waals surface area contributed by atoms with Gasteiger partial charge in [-0.3, -0.25) is 0 Å². The summed E-state index contributed by atoms with van der Waals surface area (Å²) >= 11 is 4.43. The van der Waals surface area contributed by atoms with Gasteiger partial charge in [0.15, 0.2) is 0 Å². The van der Waals surface area contributed by atoms with Crippen LogP contribution in [0.5, 0.6) is 0 Å². The van der Waals surface area contributed by atoms with Crippen LogP contribution in [0.3, 0.4) is 0 Å². The van der Waals surface area contributed by atoms with E-state index in [0.717, 1.165) is 0 Å². The first-order chi connectivity index (χ1) is 5.13. The molecule has 60 valence electrons. The molecule has 11 heavy (non-hydrogen) atoms. The molecule has 0 N–H and O–H groups in total. The van der Waals surface area contributed by atoms with Crippen LogP contribution in [0, 0.1) is 13.8 Å². The van der Waals surface area contributed by atoms with Crippen LogP contribution in [0.15, 0.2) is 18.2 Å². The maximum atomic E-state index is 4.43. The van der Waals surface area contributed by atoms with Gasteiger partial charge in [-0.25, -0.2) is 0 Å². The molecule has 0 aliphatic heterocycles. The predicted octanol–water partition coefficient (Wildman–Crippen LogP) is 3.29. The van der Waals surface area contributed by atoms with E-state index in [1.54, 1.807) is 0 Å². The molecule has 0 saturated carbocycles. The Morgan fingerprint density at radius 2 is 1.64 bits per heavy atom. The molecule has 0 amide bonds. The van der Waals surface area contributed by atoms with Crippen LogP contribution in [0.25, 0.3) is 0 Å². The lowest BCUT2D eigenvalue weighted by Gasteiger charge is -2.11. The SMILES string of the molecule is Cc1cccc(C)c1C(C)S. The van der Waals surface area contributed by atoms with Crippen LogP contribution in [0.1, 0.15) is 28.9 Å². The van der Waals surface area contributed by atoms with E-state index in [0.29, 0.717) is 5.25 Å². The van der Waals surface area contributed by atoms with E-state index in [4.69, 9.17) is 0 Å². The lowest BCUT2D eigenvalue weighted by atomic mass is 10.0. The molecule has 0 aromatic heterocycles. The van der Waals surface area contributed by atoms with Crippen molar-refractivity contribution in [3.05, 3.63) is 34.9 Å². The van der Waals surface area contributed by atoms with Crippen molar-refractivity contribution in [2.45, 2.75) is 26.0 Å². The van der Waals surface area contributed by atoms with E-state index in [1.807, 2.05) is 0 Å². The van der Waals surface area contributed by atoms with Crippen LogP contribution in [-0.4, -0.2) is 0 Å². The van der Waals surface area contributed by atoms with Gasteiger partial charge in [-0.2, -0.15) is 12.6 Å². The third kappa shape index (κ3) is 1.78. The van der Waals surface area contributed by atoms with Gasteiger partial charge in [-0.05, 0) is 37.5 Å². The number of thiol groups is 1. The van der Waals surface area contributed by atoms with Crippen molar-refractivity contribution in [3.8, 4) is 0 Å². The molecule has 0 heterocycles. The highest BCUT2D eigenvalue weighted by Crippen LogP contribution is 2.25. The van der Waals surface area contributed by atoms with E-state index >= 15 is 0 Å². The summed E-state index contributed by atoms with van der Waals surface area (Å²) in [5.74, 6) is 0. The highest BCUT2D eigenvalue weighted by atomic mass is 32.1. The molecule has 1 aromatic carbocycles. The van der Waals surface area contributed by atoms with Crippen LogP contribution in [-0.2, 0) is 0 Å². The molecule has 1 atom stereocenters. The first-order valence-corrected chi connectivity index (χ1v) is 4.38. The number of aryl methyl sites for hydroxylation is 2. The van der Waals surface area contributed by atoms with E-state index in [1.165, 1.54) is 16.7 Å². The molecule has 0 saturated heterocycles. The molecule has 0 bridgehead atoms. The first-order valence-electron chi connectivity index (χ1n) is 3.87. The minimum Gasteiger partial charge on any atom is -0.171 e. The Hall–Kier alpha value is -0.430. The zero-order valence-corrected chi connectivity index (χ0v) is 8.15. The van der Waals surface area contributed by atoms with Gasteiger partial charge in [0.05, 0.1) is 0 Å². The van der Waals surface area contributed by atoms with Gasteiger partial charge in [0.2, 0.25) is 0 Å². The second-order valence-corrected chi connectivity index (χ2v) is 3.76. The zero-order valence-electron chi connectivity index (χ0n) is 7.26. The van der Waals surface area contributed by atoms with Gasteiger partial charge in [0, 0.05) is 5.25 Å². The van der Waals surface area contributed by atoms with E-state index in [2.05, 4.69) is 51.6 Å². The molecule has 1 unspecified atom stereocenters. The molecule has 0 aliphatic rings. The normalized spacial score (nSPS) is 13.1. The number of hydrogen-bond donors (Lipinski definition) is 1. The van der Waals surface area contributed by atoms with E-state index in [-0.39, 0.29) is 0 Å². The summed E-state index contributed by atoms with van der Waals surface area (Å²) in [6, 6.07) is 6.36. The summed E-state index contributed by atoms with van der Waals surface area (Å²) in [5.41, 5.74) is 4.05. The van der Waals surface area contributed by atoms with Gasteiger partial charge in [0.1, 0.15) is 0 Å². The zero-order chi connectivity index (χ0) is 8.43. The summed E-state index contributed by atoms with van der Waals surface area (Å²) in [4.78, 5) is 0. The summed E-state index contributed by atoms with van der Waals surface area (Å²) in [7, 11) is 0. The topological polar surface area (TPSA) is 0 Å². The highest BCUT2D eigenvalue weighted by Gasteiger charge is 2.05. The lowest BCUT2D eigenvalue weighted by molar-refractivity contribution is 1.06. The Morgan fingerprint density at radius 3 is 1.91 bits per heavy atom. The average Bonchev–Trinajstić information content (AvgIpc) is 1.85. The molecule has 0 aliphatic carbocycles. The van der Waals surface area contributed by atoms with Crippen LogP contribution < -0.4 is 0 Å². The fourth-order valence-corrected chi connectivity index (χ4v) is 1.89.